The Balaban J connectivity index is 2.41. The van der Waals surface area contributed by atoms with Gasteiger partial charge in [-0.1, -0.05) is 33.6 Å². The number of hydrogen-bond donors (Lipinski definition) is 1. The maximum atomic E-state index is 12.7. The van der Waals surface area contributed by atoms with Gasteiger partial charge in [-0.3, -0.25) is 0 Å². The van der Waals surface area contributed by atoms with Gasteiger partial charge in [0.05, 0.1) is 5.92 Å². The fraction of sp³-hybridized carbons (Fsp3) is 1.00. The maximum absolute atomic E-state index is 12.7. The highest BCUT2D eigenvalue weighted by Gasteiger charge is 2.42. The number of halogens is 3. The quantitative estimate of drug-likeness (QED) is 0.683. The van der Waals surface area contributed by atoms with Crippen LogP contribution in [0.1, 0.15) is 65.7 Å². The molecule has 0 amide bonds. The van der Waals surface area contributed by atoms with E-state index in [-0.39, 0.29) is 0 Å². The van der Waals surface area contributed by atoms with Crippen molar-refractivity contribution in [2.24, 2.45) is 17.8 Å². The molecule has 1 aliphatic carbocycles. The lowest BCUT2D eigenvalue weighted by Gasteiger charge is -2.35. The van der Waals surface area contributed by atoms with E-state index in [1.165, 1.54) is 12.8 Å². The molecule has 0 spiro atoms. The molecule has 1 unspecified atom stereocenters. The first-order valence-corrected chi connectivity index (χ1v) is 8.14. The Hall–Kier alpha value is -0.250. The minimum Gasteiger partial charge on any atom is -0.314 e. The number of rotatable bonds is 7. The molecule has 0 saturated heterocycles. The number of hydrogen-bond acceptors (Lipinski definition) is 1. The first-order chi connectivity index (χ1) is 9.34. The third-order valence-electron chi connectivity index (χ3n) is 4.57. The summed E-state index contributed by atoms with van der Waals surface area (Å²) >= 11 is 0. The molecule has 0 radical (unpaired) electrons. The highest BCUT2D eigenvalue weighted by Crippen LogP contribution is 2.40. The average molecular weight is 293 g/mol. The molecule has 0 aromatic heterocycles. The Morgan fingerprint density at radius 2 is 1.65 bits per heavy atom. The summed E-state index contributed by atoms with van der Waals surface area (Å²) in [6.45, 7) is 7.43. The molecule has 1 fully saturated rings. The van der Waals surface area contributed by atoms with Crippen molar-refractivity contribution in [2.45, 2.75) is 77.9 Å². The Labute approximate surface area is 121 Å². The standard InChI is InChI=1S/C16H30F3N/c1-4-20-15(7-5-6-12(2)3)13-8-10-14(11-9-13)16(17,18)19/h12-15,20H,4-11H2,1-3H3. The lowest BCUT2D eigenvalue weighted by molar-refractivity contribution is -0.184. The van der Waals surface area contributed by atoms with Gasteiger partial charge in [0, 0.05) is 6.04 Å². The molecule has 20 heavy (non-hydrogen) atoms. The van der Waals surface area contributed by atoms with E-state index in [1.807, 2.05) is 0 Å². The maximum Gasteiger partial charge on any atom is 0.391 e. The summed E-state index contributed by atoms with van der Waals surface area (Å²) in [6, 6.07) is 0.410. The van der Waals surface area contributed by atoms with Crippen LogP contribution in [-0.2, 0) is 0 Å². The van der Waals surface area contributed by atoms with Crippen LogP contribution >= 0.6 is 0 Å². The van der Waals surface area contributed by atoms with Gasteiger partial charge in [-0.2, -0.15) is 13.2 Å². The van der Waals surface area contributed by atoms with E-state index in [0.29, 0.717) is 30.7 Å². The summed E-state index contributed by atoms with van der Waals surface area (Å²) in [5.74, 6) is 0.0793. The van der Waals surface area contributed by atoms with E-state index < -0.39 is 12.1 Å². The Kier molecular flexibility index (Phi) is 7.35. The highest BCUT2D eigenvalue weighted by atomic mass is 19.4. The van der Waals surface area contributed by atoms with Crippen molar-refractivity contribution in [3.05, 3.63) is 0 Å². The summed E-state index contributed by atoms with van der Waals surface area (Å²) < 4.78 is 38.1. The molecule has 120 valence electrons. The Morgan fingerprint density at radius 1 is 1.05 bits per heavy atom. The second kappa shape index (κ2) is 8.26. The predicted molar refractivity (Wildman–Crippen MR) is 77.7 cm³/mol. The fourth-order valence-corrected chi connectivity index (χ4v) is 3.36. The fourth-order valence-electron chi connectivity index (χ4n) is 3.36. The number of alkyl halides is 3. The summed E-state index contributed by atoms with van der Waals surface area (Å²) in [7, 11) is 0. The van der Waals surface area contributed by atoms with Gasteiger partial charge in [0.25, 0.3) is 0 Å². The van der Waals surface area contributed by atoms with Crippen LogP contribution in [0.2, 0.25) is 0 Å². The van der Waals surface area contributed by atoms with Gasteiger partial charge in [-0.15, -0.1) is 0 Å². The second-order valence-corrected chi connectivity index (χ2v) is 6.64. The van der Waals surface area contributed by atoms with Crippen molar-refractivity contribution in [2.75, 3.05) is 6.54 Å². The van der Waals surface area contributed by atoms with E-state index in [9.17, 15) is 13.2 Å². The van der Waals surface area contributed by atoms with Crippen molar-refractivity contribution < 1.29 is 13.2 Å². The summed E-state index contributed by atoms with van der Waals surface area (Å²) in [4.78, 5) is 0. The van der Waals surface area contributed by atoms with Crippen molar-refractivity contribution in [3.8, 4) is 0 Å². The zero-order valence-corrected chi connectivity index (χ0v) is 13.1. The minimum absolute atomic E-state index is 0.320. The summed E-state index contributed by atoms with van der Waals surface area (Å²) in [6.07, 6.45) is 1.59. The van der Waals surface area contributed by atoms with Crippen LogP contribution in [0.15, 0.2) is 0 Å². The van der Waals surface area contributed by atoms with Crippen molar-refractivity contribution in [3.63, 3.8) is 0 Å². The van der Waals surface area contributed by atoms with Crippen LogP contribution in [0.4, 0.5) is 13.2 Å². The molecule has 0 aliphatic heterocycles. The molecule has 0 bridgehead atoms. The van der Waals surface area contributed by atoms with E-state index in [4.69, 9.17) is 0 Å². The molecular formula is C16H30F3N. The molecule has 0 heterocycles. The van der Waals surface area contributed by atoms with Gasteiger partial charge in [-0.25, -0.2) is 0 Å². The Bertz CT molecular complexity index is 255. The second-order valence-electron chi connectivity index (χ2n) is 6.64. The topological polar surface area (TPSA) is 12.0 Å². The van der Waals surface area contributed by atoms with Crippen LogP contribution in [0, 0.1) is 17.8 Å². The van der Waals surface area contributed by atoms with Crippen molar-refractivity contribution in [1.29, 1.82) is 0 Å². The van der Waals surface area contributed by atoms with Crippen LogP contribution in [-0.4, -0.2) is 18.8 Å². The van der Waals surface area contributed by atoms with E-state index in [1.54, 1.807) is 0 Å². The molecule has 1 rings (SSSR count). The molecule has 0 aromatic rings. The van der Waals surface area contributed by atoms with Crippen LogP contribution in [0.25, 0.3) is 0 Å². The summed E-state index contributed by atoms with van der Waals surface area (Å²) in [5.41, 5.74) is 0. The largest absolute Gasteiger partial charge is 0.391 e. The summed E-state index contributed by atoms with van der Waals surface area (Å²) in [5, 5.41) is 3.50. The lowest BCUT2D eigenvalue weighted by atomic mass is 9.77. The van der Waals surface area contributed by atoms with Crippen molar-refractivity contribution in [1.82, 2.24) is 5.32 Å². The Morgan fingerprint density at radius 3 is 2.10 bits per heavy atom. The first kappa shape index (κ1) is 17.8. The van der Waals surface area contributed by atoms with E-state index in [2.05, 4.69) is 26.1 Å². The SMILES string of the molecule is CCNC(CCCC(C)C)C1CCC(C(F)(F)F)CC1. The van der Waals surface area contributed by atoms with E-state index in [0.717, 1.165) is 25.8 Å². The number of nitrogens with one attached hydrogen (secondary N) is 1. The molecule has 4 heteroatoms. The average Bonchev–Trinajstić information content (AvgIpc) is 2.36. The molecular weight excluding hydrogens is 263 g/mol. The van der Waals surface area contributed by atoms with Gasteiger partial charge in [-0.05, 0) is 50.5 Å². The van der Waals surface area contributed by atoms with E-state index >= 15 is 0 Å². The van der Waals surface area contributed by atoms with Gasteiger partial charge < -0.3 is 5.32 Å². The predicted octanol–water partition coefficient (Wildman–Crippen LogP) is 5.16. The third kappa shape index (κ3) is 6.02. The zero-order chi connectivity index (χ0) is 15.2. The minimum atomic E-state index is -3.99. The molecule has 0 aromatic carbocycles. The van der Waals surface area contributed by atoms with Crippen LogP contribution in [0.5, 0.6) is 0 Å². The highest BCUT2D eigenvalue weighted by molar-refractivity contribution is 4.84. The molecule has 1 aliphatic rings. The van der Waals surface area contributed by atoms with Crippen LogP contribution in [0.3, 0.4) is 0 Å². The molecule has 1 saturated carbocycles. The molecule has 1 N–H and O–H groups in total. The normalized spacial score (nSPS) is 25.9. The lowest BCUT2D eigenvalue weighted by Crippen LogP contribution is -2.39. The molecule has 1 atom stereocenters. The monoisotopic (exact) mass is 293 g/mol. The zero-order valence-electron chi connectivity index (χ0n) is 13.1. The van der Waals surface area contributed by atoms with Gasteiger partial charge >= 0.3 is 6.18 Å². The van der Waals surface area contributed by atoms with Gasteiger partial charge in [0.1, 0.15) is 0 Å². The smallest absolute Gasteiger partial charge is 0.314 e. The third-order valence-corrected chi connectivity index (χ3v) is 4.57. The van der Waals surface area contributed by atoms with Gasteiger partial charge in [0.2, 0.25) is 0 Å². The van der Waals surface area contributed by atoms with Crippen LogP contribution < -0.4 is 5.32 Å². The molecule has 1 nitrogen and oxygen atoms in total. The van der Waals surface area contributed by atoms with Gasteiger partial charge in [0.15, 0.2) is 0 Å². The van der Waals surface area contributed by atoms with Crippen molar-refractivity contribution >= 4 is 0 Å². The first-order valence-electron chi connectivity index (χ1n) is 8.14.